The maximum Gasteiger partial charge on any atom is 0.0592 e. The minimum absolute atomic E-state index is 0.0325. The van der Waals surface area contributed by atoms with E-state index in [0.29, 0.717) is 0 Å². The topological polar surface area (TPSA) is 8.17 Å². The molecule has 9 aromatic carbocycles. The summed E-state index contributed by atoms with van der Waals surface area (Å²) in [5, 5.41) is 6.60. The third-order valence-corrected chi connectivity index (χ3v) is 13.9. The van der Waals surface area contributed by atoms with E-state index in [1.807, 2.05) is 24.3 Å². The molecule has 0 radical (unpaired) electrons. The third-order valence-electron chi connectivity index (χ3n) is 13.9. The van der Waals surface area contributed by atoms with Gasteiger partial charge in [0.25, 0.3) is 0 Å². The molecule has 0 spiro atoms. The highest BCUT2D eigenvalue weighted by molar-refractivity contribution is 6.11. The van der Waals surface area contributed by atoms with E-state index < -0.39 is 17.9 Å². The van der Waals surface area contributed by atoms with Crippen LogP contribution in [0.3, 0.4) is 0 Å². The van der Waals surface area contributed by atoms with Gasteiger partial charge in [-0.2, -0.15) is 0 Å². The number of rotatable bonds is 10. The molecule has 65 heavy (non-hydrogen) atoms. The molecule has 0 saturated heterocycles. The van der Waals surface area contributed by atoms with Crippen molar-refractivity contribution in [3.8, 4) is 5.69 Å². The van der Waals surface area contributed by atoms with Gasteiger partial charge in [-0.3, -0.25) is 0 Å². The first-order valence-electron chi connectivity index (χ1n) is 24.7. The molecule has 0 amide bonds. The Kier molecular flexibility index (Phi) is 8.50. The number of para-hydroxylation sites is 2. The molecule has 2 heteroatoms. The summed E-state index contributed by atoms with van der Waals surface area (Å²) >= 11 is 0. The van der Waals surface area contributed by atoms with Crippen LogP contribution in [0.25, 0.3) is 55.1 Å². The molecular formula is C63H48N2. The molecule has 0 saturated carbocycles. The number of fused-ring (bicyclic) bond motifs is 9. The number of hydrogen-bond donors (Lipinski definition) is 0. The Balaban J connectivity index is 1.06. The van der Waals surface area contributed by atoms with Gasteiger partial charge >= 0.3 is 0 Å². The number of hydrogen-bond acceptors (Lipinski definition) is 1. The van der Waals surface area contributed by atoms with Gasteiger partial charge in [-0.1, -0.05) is 200 Å². The summed E-state index contributed by atoms with van der Waals surface area (Å²) in [5.74, 6) is -0.0711. The summed E-state index contributed by atoms with van der Waals surface area (Å²) in [6, 6.07) is 73.3. The van der Waals surface area contributed by atoms with Gasteiger partial charge in [0.2, 0.25) is 0 Å². The number of benzene rings is 9. The molecule has 4 unspecified atom stereocenters. The predicted molar refractivity (Wildman–Crippen MR) is 275 cm³/mol. The summed E-state index contributed by atoms with van der Waals surface area (Å²) in [7, 11) is 0. The predicted octanol–water partition coefficient (Wildman–Crippen LogP) is 15.8. The Labute approximate surface area is 386 Å². The van der Waals surface area contributed by atoms with Gasteiger partial charge in [-0.25, -0.2) is 0 Å². The average Bonchev–Trinajstić information content (AvgIpc) is 3.91. The van der Waals surface area contributed by atoms with E-state index in [4.69, 9.17) is 1.37 Å². The first-order valence-corrected chi connectivity index (χ1v) is 22.5. The molecule has 2 aliphatic rings. The number of allylic oxidation sites excluding steroid dienone is 3. The molecule has 2 nitrogen and oxygen atoms in total. The molecule has 310 valence electrons. The molecule has 2 aliphatic carbocycles. The molecule has 12 rings (SSSR count). The number of nitrogens with zero attached hydrogens (tertiary/aromatic N) is 2. The van der Waals surface area contributed by atoms with E-state index in [1.54, 1.807) is 6.08 Å². The number of aromatic nitrogens is 1. The Morgan fingerprint density at radius 2 is 1.22 bits per heavy atom. The summed E-state index contributed by atoms with van der Waals surface area (Å²) in [6.45, 7) is 1.05. The Hall–Kier alpha value is -7.94. The lowest BCUT2D eigenvalue weighted by Crippen LogP contribution is -2.38. The summed E-state index contributed by atoms with van der Waals surface area (Å²) in [6.07, 6.45) is 7.33. The van der Waals surface area contributed by atoms with Crippen LogP contribution in [0.15, 0.2) is 255 Å². The van der Waals surface area contributed by atoms with Gasteiger partial charge in [0.1, 0.15) is 0 Å². The molecule has 1 aromatic heterocycles. The van der Waals surface area contributed by atoms with Crippen LogP contribution >= 0.6 is 0 Å². The second-order valence-corrected chi connectivity index (χ2v) is 17.2. The van der Waals surface area contributed by atoms with Crippen LogP contribution in [0.4, 0.5) is 5.69 Å². The van der Waals surface area contributed by atoms with E-state index in [-0.39, 0.29) is 23.9 Å². The monoisotopic (exact) mass is 836 g/mol. The quantitative estimate of drug-likeness (QED) is 0.0984. The fraction of sp³-hybridized carbons (Fsp3) is 0.0794. The lowest BCUT2D eigenvalue weighted by molar-refractivity contribution is 0.452. The zero-order valence-electron chi connectivity index (χ0n) is 39.8. The molecule has 0 bridgehead atoms. The first kappa shape index (κ1) is 34.5. The largest absolute Gasteiger partial charge is 0.335 e. The standard InChI is InChI=1S/C63H48N2/c1-2-48(26-19-21-45-42-44-20-9-10-27-52(44)54-29-12-11-28-53(45)54)64(49-36-38-50(39-37-49)65-61-34-17-14-31-57(61)58-32-15-18-35-62(58)65)51-40-41-56-55-30-13-16-33-59(55)63(60(56)43-51,46-22-5-3-6-23-46)47-24-7-4-8-25-47/h2-25,27-43,48,56,60H,1,26H2/b21-19+/i1D,2D,19D,26D/b2-1?,21-19+. The smallest absolute Gasteiger partial charge is 0.0592 e. The summed E-state index contributed by atoms with van der Waals surface area (Å²) in [4.78, 5) is 2.05. The van der Waals surface area contributed by atoms with E-state index in [0.717, 1.165) is 61.8 Å². The van der Waals surface area contributed by atoms with Crippen molar-refractivity contribution >= 4 is 55.1 Å². The zero-order chi connectivity index (χ0) is 46.6. The molecule has 0 aliphatic heterocycles. The van der Waals surface area contributed by atoms with Crippen LogP contribution in [-0.2, 0) is 5.41 Å². The Morgan fingerprint density at radius 1 is 0.631 bits per heavy atom. The highest BCUT2D eigenvalue weighted by Crippen LogP contribution is 2.60. The van der Waals surface area contributed by atoms with Crippen molar-refractivity contribution < 1.29 is 5.48 Å². The van der Waals surface area contributed by atoms with E-state index in [9.17, 15) is 4.11 Å². The normalized spacial score (nSPS) is 18.6. The second kappa shape index (κ2) is 16.0. The van der Waals surface area contributed by atoms with Crippen LogP contribution in [0.1, 0.15) is 45.6 Å². The molecule has 4 atom stereocenters. The van der Waals surface area contributed by atoms with Gasteiger partial charge in [0.05, 0.1) is 26.6 Å². The van der Waals surface area contributed by atoms with Gasteiger partial charge in [0, 0.05) is 41.1 Å². The molecule has 0 fully saturated rings. The third kappa shape index (κ3) is 6.24. The van der Waals surface area contributed by atoms with Crippen molar-refractivity contribution in [1.82, 2.24) is 4.57 Å². The van der Waals surface area contributed by atoms with Gasteiger partial charge in [0.15, 0.2) is 0 Å². The van der Waals surface area contributed by atoms with E-state index in [1.165, 1.54) is 33.0 Å². The maximum absolute atomic E-state index is 10.1. The van der Waals surface area contributed by atoms with Crippen molar-refractivity contribution in [2.75, 3.05) is 4.90 Å². The van der Waals surface area contributed by atoms with E-state index >= 15 is 0 Å². The number of anilines is 1. The van der Waals surface area contributed by atoms with Crippen LogP contribution in [-0.4, -0.2) is 10.6 Å². The first-order chi connectivity index (χ1) is 33.9. The van der Waals surface area contributed by atoms with Crippen molar-refractivity contribution in [2.45, 2.75) is 23.8 Å². The average molecular weight is 837 g/mol. The zero-order valence-corrected chi connectivity index (χ0v) is 35.8. The van der Waals surface area contributed by atoms with Gasteiger partial charge < -0.3 is 9.47 Å². The lowest BCUT2D eigenvalue weighted by atomic mass is 9.63. The fourth-order valence-electron chi connectivity index (χ4n) is 11.2. The second-order valence-electron chi connectivity index (χ2n) is 17.2. The summed E-state index contributed by atoms with van der Waals surface area (Å²) in [5.41, 5.74) is 9.91. The molecule has 0 N–H and O–H groups in total. The van der Waals surface area contributed by atoms with Crippen LogP contribution in [0, 0.1) is 5.92 Å². The van der Waals surface area contributed by atoms with Crippen molar-refractivity contribution in [2.24, 2.45) is 5.92 Å². The highest BCUT2D eigenvalue weighted by atomic mass is 15.2. The Morgan fingerprint density at radius 3 is 1.91 bits per heavy atom. The van der Waals surface area contributed by atoms with Crippen molar-refractivity contribution in [3.63, 3.8) is 0 Å². The van der Waals surface area contributed by atoms with Crippen LogP contribution in [0.5, 0.6) is 0 Å². The molecular weight excluding hydrogens is 785 g/mol. The fourth-order valence-corrected chi connectivity index (χ4v) is 11.2. The van der Waals surface area contributed by atoms with Crippen LogP contribution < -0.4 is 4.90 Å². The van der Waals surface area contributed by atoms with Crippen molar-refractivity contribution in [3.05, 3.63) is 283 Å². The Bertz CT molecular complexity index is 3610. The minimum atomic E-state index is -1.26. The SMILES string of the molecule is [2H]C=C([2H])C(C([2H])/C([2H])=C/c1cc2ccccc2c2ccccc12)N(C1=CC2C(C=C1)c1ccccc1C2(c1ccccc1)c1ccccc1)c1ccc(-n2c3ccccc3c3ccccc32)cc1. The van der Waals surface area contributed by atoms with E-state index in [2.05, 4.69) is 216 Å². The van der Waals surface area contributed by atoms with Gasteiger partial charge in [-0.15, -0.1) is 6.55 Å². The van der Waals surface area contributed by atoms with Gasteiger partial charge in [-0.05, 0) is 104 Å². The van der Waals surface area contributed by atoms with Crippen molar-refractivity contribution in [1.29, 1.82) is 0 Å². The lowest BCUT2D eigenvalue weighted by Gasteiger charge is -2.41. The maximum atomic E-state index is 10.1. The van der Waals surface area contributed by atoms with Crippen LogP contribution in [0.2, 0.25) is 0 Å². The summed E-state index contributed by atoms with van der Waals surface area (Å²) < 4.78 is 40.5. The minimum Gasteiger partial charge on any atom is -0.335 e. The molecule has 10 aromatic rings. The molecule has 1 heterocycles. The highest BCUT2D eigenvalue weighted by Gasteiger charge is 2.53.